The van der Waals surface area contributed by atoms with E-state index >= 15 is 0 Å². The predicted octanol–water partition coefficient (Wildman–Crippen LogP) is 3.06. The van der Waals surface area contributed by atoms with Crippen molar-refractivity contribution in [2.45, 2.75) is 25.7 Å². The minimum absolute atomic E-state index is 0.153. The Morgan fingerprint density at radius 2 is 2.04 bits per heavy atom. The van der Waals surface area contributed by atoms with Gasteiger partial charge < -0.3 is 19.7 Å². The van der Waals surface area contributed by atoms with Crippen molar-refractivity contribution >= 4 is 23.2 Å². The van der Waals surface area contributed by atoms with E-state index in [1.54, 1.807) is 18.2 Å². The summed E-state index contributed by atoms with van der Waals surface area (Å²) in [6, 6.07) is 9.05. The maximum Gasteiger partial charge on any atom is 0.255 e. The highest BCUT2D eigenvalue weighted by Gasteiger charge is 2.38. The van der Waals surface area contributed by atoms with Crippen molar-refractivity contribution in [3.05, 3.63) is 47.0 Å². The van der Waals surface area contributed by atoms with E-state index < -0.39 is 0 Å². The number of benzene rings is 2. The van der Waals surface area contributed by atoms with Gasteiger partial charge in [-0.2, -0.15) is 0 Å². The molecule has 0 aromatic heterocycles. The summed E-state index contributed by atoms with van der Waals surface area (Å²) in [6.45, 7) is 2.89. The van der Waals surface area contributed by atoms with Gasteiger partial charge in [-0.25, -0.2) is 0 Å². The Labute approximate surface area is 150 Å². The van der Waals surface area contributed by atoms with Gasteiger partial charge in [-0.05, 0) is 61.2 Å². The number of nitrogens with zero attached hydrogens (tertiary/aromatic N) is 1. The zero-order valence-corrected chi connectivity index (χ0v) is 14.4. The SMILES string of the molecule is C[C@@H]1C(=O)N2CCCc3cc(NC(=O)c4ccc5c(c4)OCO5)cc1c32. The van der Waals surface area contributed by atoms with Crippen molar-refractivity contribution in [3.63, 3.8) is 0 Å². The molecule has 132 valence electrons. The second kappa shape index (κ2) is 5.49. The molecule has 0 aliphatic carbocycles. The quantitative estimate of drug-likeness (QED) is 0.904. The third kappa shape index (κ3) is 2.18. The van der Waals surface area contributed by atoms with Crippen molar-refractivity contribution in [3.8, 4) is 11.5 Å². The molecular weight excluding hydrogens is 332 g/mol. The summed E-state index contributed by atoms with van der Waals surface area (Å²) >= 11 is 0. The highest BCUT2D eigenvalue weighted by atomic mass is 16.7. The molecule has 3 aliphatic rings. The highest BCUT2D eigenvalue weighted by molar-refractivity contribution is 6.08. The number of carbonyl (C=O) groups excluding carboxylic acids is 2. The first-order valence-electron chi connectivity index (χ1n) is 8.81. The van der Waals surface area contributed by atoms with Gasteiger partial charge in [-0.1, -0.05) is 0 Å². The zero-order chi connectivity index (χ0) is 17.8. The maximum absolute atomic E-state index is 12.7. The first-order valence-corrected chi connectivity index (χ1v) is 8.81. The molecule has 0 spiro atoms. The van der Waals surface area contributed by atoms with Crippen molar-refractivity contribution in [1.29, 1.82) is 0 Å². The second-order valence-corrected chi connectivity index (χ2v) is 6.91. The fraction of sp³-hybridized carbons (Fsp3) is 0.300. The monoisotopic (exact) mass is 350 g/mol. The van der Waals surface area contributed by atoms with E-state index in [0.29, 0.717) is 17.1 Å². The minimum Gasteiger partial charge on any atom is -0.454 e. The standard InChI is InChI=1S/C20H18N2O4/c1-11-15-9-14(7-12-3-2-6-22(18(12)15)20(11)24)21-19(23)13-4-5-16-17(8-13)26-10-25-16/h4-5,7-9,11H,2-3,6,10H2,1H3,(H,21,23)/t11-/m0/s1. The Kier molecular flexibility index (Phi) is 3.22. The fourth-order valence-electron chi connectivity index (χ4n) is 4.01. The summed E-state index contributed by atoms with van der Waals surface area (Å²) in [6.07, 6.45) is 1.87. The van der Waals surface area contributed by atoms with Crippen LogP contribution in [-0.2, 0) is 11.2 Å². The van der Waals surface area contributed by atoms with Gasteiger partial charge >= 0.3 is 0 Å². The molecule has 3 heterocycles. The molecule has 2 aromatic carbocycles. The topological polar surface area (TPSA) is 67.9 Å². The van der Waals surface area contributed by atoms with Crippen LogP contribution in [0.15, 0.2) is 30.3 Å². The highest BCUT2D eigenvalue weighted by Crippen LogP contribution is 2.44. The number of fused-ring (bicyclic) bond motifs is 1. The average Bonchev–Trinajstić information content (AvgIpc) is 3.21. The molecule has 0 bridgehead atoms. The average molecular weight is 350 g/mol. The minimum atomic E-state index is -0.208. The molecule has 2 amide bonds. The number of amides is 2. The number of hydrogen-bond acceptors (Lipinski definition) is 4. The Bertz CT molecular complexity index is 953. The number of rotatable bonds is 2. The molecule has 6 nitrogen and oxygen atoms in total. The van der Waals surface area contributed by atoms with Crippen LogP contribution in [0.2, 0.25) is 0 Å². The van der Waals surface area contributed by atoms with Crippen molar-refractivity contribution in [2.75, 3.05) is 23.6 Å². The van der Waals surface area contributed by atoms with Crippen LogP contribution in [0.5, 0.6) is 11.5 Å². The van der Waals surface area contributed by atoms with Gasteiger partial charge in [0.05, 0.1) is 11.6 Å². The molecule has 0 saturated heterocycles. The number of aryl methyl sites for hydroxylation is 1. The summed E-state index contributed by atoms with van der Waals surface area (Å²) in [5, 5.41) is 2.96. The molecule has 3 aliphatic heterocycles. The molecule has 2 aromatic rings. The van der Waals surface area contributed by atoms with Crippen LogP contribution in [0.3, 0.4) is 0 Å². The van der Waals surface area contributed by atoms with E-state index in [2.05, 4.69) is 5.32 Å². The molecule has 0 saturated carbocycles. The Morgan fingerprint density at radius 3 is 2.92 bits per heavy atom. The smallest absolute Gasteiger partial charge is 0.255 e. The van der Waals surface area contributed by atoms with E-state index in [1.165, 1.54) is 0 Å². The first-order chi connectivity index (χ1) is 12.6. The zero-order valence-electron chi connectivity index (χ0n) is 14.4. The summed E-state index contributed by atoms with van der Waals surface area (Å²) in [4.78, 5) is 27.0. The first kappa shape index (κ1) is 15.3. The largest absolute Gasteiger partial charge is 0.454 e. The van der Waals surface area contributed by atoms with E-state index in [9.17, 15) is 9.59 Å². The van der Waals surface area contributed by atoms with E-state index in [0.717, 1.165) is 41.9 Å². The number of hydrogen-bond donors (Lipinski definition) is 1. The Hall–Kier alpha value is -3.02. The van der Waals surface area contributed by atoms with Crippen LogP contribution in [0, 0.1) is 0 Å². The summed E-state index contributed by atoms with van der Waals surface area (Å²) < 4.78 is 10.6. The van der Waals surface area contributed by atoms with Crippen LogP contribution >= 0.6 is 0 Å². The van der Waals surface area contributed by atoms with Gasteiger partial charge in [-0.15, -0.1) is 0 Å². The van der Waals surface area contributed by atoms with E-state index in [-0.39, 0.29) is 24.5 Å². The van der Waals surface area contributed by atoms with Gasteiger partial charge in [-0.3, -0.25) is 9.59 Å². The molecule has 1 atom stereocenters. The number of ether oxygens (including phenoxy) is 2. The lowest BCUT2D eigenvalue weighted by atomic mass is 9.96. The van der Waals surface area contributed by atoms with E-state index in [1.807, 2.05) is 24.0 Å². The van der Waals surface area contributed by atoms with Gasteiger partial charge in [0.2, 0.25) is 12.7 Å². The van der Waals surface area contributed by atoms with Crippen LogP contribution in [0.25, 0.3) is 0 Å². The molecule has 6 heteroatoms. The number of nitrogens with one attached hydrogen (secondary N) is 1. The molecule has 0 radical (unpaired) electrons. The van der Waals surface area contributed by atoms with Gasteiger partial charge in [0.25, 0.3) is 5.91 Å². The van der Waals surface area contributed by atoms with E-state index in [4.69, 9.17) is 9.47 Å². The van der Waals surface area contributed by atoms with Crippen LogP contribution in [0.1, 0.15) is 40.7 Å². The molecule has 0 unspecified atom stereocenters. The maximum atomic E-state index is 12.7. The molecular formula is C20H18N2O4. The summed E-state index contributed by atoms with van der Waals surface area (Å²) in [5.74, 6) is 1.01. The molecule has 5 rings (SSSR count). The third-order valence-corrected chi connectivity index (χ3v) is 5.31. The number of carbonyl (C=O) groups is 2. The van der Waals surface area contributed by atoms with Crippen molar-refractivity contribution in [2.24, 2.45) is 0 Å². The molecule has 26 heavy (non-hydrogen) atoms. The van der Waals surface area contributed by atoms with Gasteiger partial charge in [0, 0.05) is 17.8 Å². The van der Waals surface area contributed by atoms with Crippen LogP contribution < -0.4 is 19.7 Å². The lowest BCUT2D eigenvalue weighted by Crippen LogP contribution is -2.32. The van der Waals surface area contributed by atoms with Crippen molar-refractivity contribution in [1.82, 2.24) is 0 Å². The summed E-state index contributed by atoms with van der Waals surface area (Å²) in [7, 11) is 0. The van der Waals surface area contributed by atoms with Crippen LogP contribution in [-0.4, -0.2) is 25.2 Å². The fourth-order valence-corrected chi connectivity index (χ4v) is 4.01. The lowest BCUT2D eigenvalue weighted by Gasteiger charge is -2.26. The summed E-state index contributed by atoms with van der Waals surface area (Å²) in [5.41, 5.74) is 4.43. The Balaban J connectivity index is 1.47. The normalized spacial score (nSPS) is 19.5. The third-order valence-electron chi connectivity index (χ3n) is 5.31. The molecule has 1 N–H and O–H groups in total. The molecule has 0 fully saturated rings. The van der Waals surface area contributed by atoms with Gasteiger partial charge in [0.15, 0.2) is 11.5 Å². The van der Waals surface area contributed by atoms with Gasteiger partial charge in [0.1, 0.15) is 0 Å². The predicted molar refractivity (Wildman–Crippen MR) is 96.0 cm³/mol. The van der Waals surface area contributed by atoms with Crippen LogP contribution in [0.4, 0.5) is 11.4 Å². The second-order valence-electron chi connectivity index (χ2n) is 6.91. The van der Waals surface area contributed by atoms with Crippen molar-refractivity contribution < 1.29 is 19.1 Å². The lowest BCUT2D eigenvalue weighted by molar-refractivity contribution is -0.119. The number of anilines is 2. The Morgan fingerprint density at radius 1 is 1.19 bits per heavy atom.